The highest BCUT2D eigenvalue weighted by Crippen LogP contribution is 2.13. The molecule has 1 fully saturated rings. The second-order valence-corrected chi connectivity index (χ2v) is 6.03. The fourth-order valence-electron chi connectivity index (χ4n) is 2.40. The molecule has 0 aliphatic carbocycles. The number of carbonyl (C=O) groups excluding carboxylic acids is 1. The molecule has 1 aliphatic heterocycles. The van der Waals surface area contributed by atoms with Crippen LogP contribution in [0.5, 0.6) is 5.75 Å². The lowest BCUT2D eigenvalue weighted by Crippen LogP contribution is -2.27. The number of hydrogen-bond donors (Lipinski definition) is 1. The lowest BCUT2D eigenvalue weighted by molar-refractivity contribution is 0.0949. The predicted molar refractivity (Wildman–Crippen MR) is 84.8 cm³/mol. The molecular weight excluding hydrogens is 264 g/mol. The Labute approximate surface area is 127 Å². The minimum atomic E-state index is -0.0210. The monoisotopic (exact) mass is 290 g/mol. The third-order valence-electron chi connectivity index (χ3n) is 3.66. The van der Waals surface area contributed by atoms with Crippen molar-refractivity contribution in [3.63, 3.8) is 0 Å². The van der Waals surface area contributed by atoms with E-state index < -0.39 is 0 Å². The van der Waals surface area contributed by atoms with Gasteiger partial charge in [-0.25, -0.2) is 0 Å². The van der Waals surface area contributed by atoms with Gasteiger partial charge in [-0.1, -0.05) is 13.8 Å². The van der Waals surface area contributed by atoms with E-state index in [4.69, 9.17) is 4.74 Å². The normalized spacial score (nSPS) is 15.4. The van der Waals surface area contributed by atoms with Crippen molar-refractivity contribution < 1.29 is 9.53 Å². The van der Waals surface area contributed by atoms with E-state index in [1.807, 2.05) is 24.3 Å². The summed E-state index contributed by atoms with van der Waals surface area (Å²) in [6.45, 7) is 8.94. The number of carbonyl (C=O) groups is 1. The van der Waals surface area contributed by atoms with Gasteiger partial charge >= 0.3 is 0 Å². The van der Waals surface area contributed by atoms with Crippen molar-refractivity contribution in [1.29, 1.82) is 0 Å². The number of nitrogens with zero attached hydrogens (tertiary/aromatic N) is 1. The second-order valence-electron chi connectivity index (χ2n) is 6.03. The van der Waals surface area contributed by atoms with E-state index >= 15 is 0 Å². The van der Waals surface area contributed by atoms with Crippen LogP contribution in [0.2, 0.25) is 0 Å². The Morgan fingerprint density at radius 3 is 2.52 bits per heavy atom. The number of hydrogen-bond acceptors (Lipinski definition) is 3. The van der Waals surface area contributed by atoms with Gasteiger partial charge in [0.15, 0.2) is 0 Å². The first kappa shape index (κ1) is 15.8. The topological polar surface area (TPSA) is 41.6 Å². The molecule has 1 aromatic rings. The first-order valence-electron chi connectivity index (χ1n) is 7.88. The standard InChI is InChI=1S/C17H26N2O2/c1-14(2)13-18-17(20)15-5-7-16(8-6-15)21-12-11-19-9-3-4-10-19/h5-8,14H,3-4,9-13H2,1-2H3,(H,18,20). The van der Waals surface area contributed by atoms with E-state index in [0.717, 1.165) is 12.3 Å². The number of nitrogens with one attached hydrogen (secondary N) is 1. The van der Waals surface area contributed by atoms with Gasteiger partial charge in [0.1, 0.15) is 12.4 Å². The smallest absolute Gasteiger partial charge is 0.251 e. The van der Waals surface area contributed by atoms with Crippen LogP contribution in [0.1, 0.15) is 37.0 Å². The molecule has 1 heterocycles. The molecule has 0 radical (unpaired) electrons. The molecular formula is C17H26N2O2. The van der Waals surface area contributed by atoms with Gasteiger partial charge in [0.05, 0.1) is 0 Å². The SMILES string of the molecule is CC(C)CNC(=O)c1ccc(OCCN2CCCC2)cc1. The van der Waals surface area contributed by atoms with Gasteiger partial charge in [-0.05, 0) is 56.1 Å². The Balaban J connectivity index is 1.74. The molecule has 21 heavy (non-hydrogen) atoms. The Morgan fingerprint density at radius 1 is 1.24 bits per heavy atom. The Morgan fingerprint density at radius 2 is 1.90 bits per heavy atom. The number of likely N-dealkylation sites (tertiary alicyclic amines) is 1. The molecule has 0 atom stereocenters. The number of amides is 1. The first-order valence-corrected chi connectivity index (χ1v) is 7.88. The highest BCUT2D eigenvalue weighted by molar-refractivity contribution is 5.94. The summed E-state index contributed by atoms with van der Waals surface area (Å²) in [5, 5.41) is 2.91. The van der Waals surface area contributed by atoms with Crippen LogP contribution in [0.4, 0.5) is 0 Å². The van der Waals surface area contributed by atoms with Crippen LogP contribution in [0.3, 0.4) is 0 Å². The maximum atomic E-state index is 11.9. The van der Waals surface area contributed by atoms with Crippen LogP contribution in [-0.2, 0) is 0 Å². The third kappa shape index (κ3) is 5.38. The molecule has 4 heteroatoms. The minimum Gasteiger partial charge on any atom is -0.492 e. The average Bonchev–Trinajstić information content (AvgIpc) is 2.99. The Kier molecular flexibility index (Phi) is 6.05. The summed E-state index contributed by atoms with van der Waals surface area (Å²) in [4.78, 5) is 14.3. The van der Waals surface area contributed by atoms with E-state index in [2.05, 4.69) is 24.1 Å². The van der Waals surface area contributed by atoms with E-state index in [1.54, 1.807) is 0 Å². The van der Waals surface area contributed by atoms with Gasteiger partial charge in [-0.2, -0.15) is 0 Å². The van der Waals surface area contributed by atoms with Crippen molar-refractivity contribution >= 4 is 5.91 Å². The van der Waals surface area contributed by atoms with Gasteiger partial charge in [-0.3, -0.25) is 9.69 Å². The zero-order chi connectivity index (χ0) is 15.1. The average molecular weight is 290 g/mol. The predicted octanol–water partition coefficient (Wildman–Crippen LogP) is 2.55. The van der Waals surface area contributed by atoms with Crippen LogP contribution >= 0.6 is 0 Å². The summed E-state index contributed by atoms with van der Waals surface area (Å²) in [5.41, 5.74) is 0.683. The van der Waals surface area contributed by atoms with Crippen LogP contribution < -0.4 is 10.1 Å². The van der Waals surface area contributed by atoms with E-state index in [9.17, 15) is 4.79 Å². The van der Waals surface area contributed by atoms with Crippen LogP contribution in [-0.4, -0.2) is 43.6 Å². The highest BCUT2D eigenvalue weighted by Gasteiger charge is 2.11. The molecule has 0 unspecified atom stereocenters. The van der Waals surface area contributed by atoms with E-state index in [0.29, 0.717) is 24.6 Å². The molecule has 0 aromatic heterocycles. The molecule has 116 valence electrons. The van der Waals surface area contributed by atoms with E-state index in [1.165, 1.54) is 25.9 Å². The van der Waals surface area contributed by atoms with Crippen molar-refractivity contribution in [2.45, 2.75) is 26.7 Å². The summed E-state index contributed by atoms with van der Waals surface area (Å²) in [6.07, 6.45) is 2.61. The molecule has 1 N–H and O–H groups in total. The number of rotatable bonds is 7. The highest BCUT2D eigenvalue weighted by atomic mass is 16.5. The molecule has 1 amide bonds. The van der Waals surface area contributed by atoms with Crippen LogP contribution in [0, 0.1) is 5.92 Å². The van der Waals surface area contributed by atoms with Crippen molar-refractivity contribution in [1.82, 2.24) is 10.2 Å². The Bertz CT molecular complexity index is 437. The van der Waals surface area contributed by atoms with Gasteiger partial charge in [0.25, 0.3) is 5.91 Å². The quantitative estimate of drug-likeness (QED) is 0.839. The van der Waals surface area contributed by atoms with Gasteiger partial charge in [-0.15, -0.1) is 0 Å². The van der Waals surface area contributed by atoms with Gasteiger partial charge in [0.2, 0.25) is 0 Å². The number of benzene rings is 1. The lowest BCUT2D eigenvalue weighted by atomic mass is 10.2. The zero-order valence-corrected chi connectivity index (χ0v) is 13.1. The van der Waals surface area contributed by atoms with Crippen molar-refractivity contribution in [3.05, 3.63) is 29.8 Å². The second kappa shape index (κ2) is 8.03. The lowest BCUT2D eigenvalue weighted by Gasteiger charge is -2.15. The van der Waals surface area contributed by atoms with Crippen LogP contribution in [0.15, 0.2) is 24.3 Å². The molecule has 1 aromatic carbocycles. The van der Waals surface area contributed by atoms with Gasteiger partial charge < -0.3 is 10.1 Å². The molecule has 4 nitrogen and oxygen atoms in total. The molecule has 2 rings (SSSR count). The van der Waals surface area contributed by atoms with Crippen molar-refractivity contribution in [2.75, 3.05) is 32.8 Å². The summed E-state index contributed by atoms with van der Waals surface area (Å²) in [7, 11) is 0. The minimum absolute atomic E-state index is 0.0210. The largest absolute Gasteiger partial charge is 0.492 e. The van der Waals surface area contributed by atoms with Crippen molar-refractivity contribution in [2.24, 2.45) is 5.92 Å². The first-order chi connectivity index (χ1) is 10.1. The maximum absolute atomic E-state index is 11.9. The summed E-state index contributed by atoms with van der Waals surface area (Å²) in [5.74, 6) is 1.27. The zero-order valence-electron chi connectivity index (χ0n) is 13.1. The summed E-state index contributed by atoms with van der Waals surface area (Å²) in [6, 6.07) is 7.38. The maximum Gasteiger partial charge on any atom is 0.251 e. The number of ether oxygens (including phenoxy) is 1. The molecule has 0 bridgehead atoms. The van der Waals surface area contributed by atoms with Crippen LogP contribution in [0.25, 0.3) is 0 Å². The fraction of sp³-hybridized carbons (Fsp3) is 0.588. The molecule has 0 saturated carbocycles. The fourth-order valence-corrected chi connectivity index (χ4v) is 2.40. The van der Waals surface area contributed by atoms with Crippen molar-refractivity contribution in [3.8, 4) is 5.75 Å². The molecule has 0 spiro atoms. The third-order valence-corrected chi connectivity index (χ3v) is 3.66. The summed E-state index contributed by atoms with van der Waals surface area (Å²) >= 11 is 0. The molecule has 1 saturated heterocycles. The Hall–Kier alpha value is -1.55. The molecule has 1 aliphatic rings. The summed E-state index contributed by atoms with van der Waals surface area (Å²) < 4.78 is 5.73. The van der Waals surface area contributed by atoms with E-state index in [-0.39, 0.29) is 5.91 Å². The van der Waals surface area contributed by atoms with Gasteiger partial charge in [0, 0.05) is 18.7 Å².